The van der Waals surface area contributed by atoms with Crippen LogP contribution in [0.1, 0.15) is 24.0 Å². The average Bonchev–Trinajstić information content (AvgIpc) is 2.20. The molecule has 0 amide bonds. The van der Waals surface area contributed by atoms with Gasteiger partial charge in [0.2, 0.25) is 0 Å². The number of methoxy groups -OCH3 is 1. The van der Waals surface area contributed by atoms with Gasteiger partial charge in [0.1, 0.15) is 0 Å². The third-order valence-corrected chi connectivity index (χ3v) is 2.60. The summed E-state index contributed by atoms with van der Waals surface area (Å²) in [6.07, 6.45) is 0. The molecule has 0 saturated carbocycles. The van der Waals surface area contributed by atoms with Crippen LogP contribution in [0, 0.1) is 0 Å². The van der Waals surface area contributed by atoms with Crippen LogP contribution in [0.25, 0.3) is 0 Å². The number of halogens is 1. The number of carboxylic acid groups (broad SMARTS) is 1. The van der Waals surface area contributed by atoms with Crippen molar-refractivity contribution >= 4 is 17.6 Å². The molecule has 82 valence electrons. The molecule has 0 heterocycles. The number of hydrogen-bond donors (Lipinski definition) is 1. The highest BCUT2D eigenvalue weighted by Crippen LogP contribution is 2.23. The van der Waals surface area contributed by atoms with Gasteiger partial charge in [-0.3, -0.25) is 4.79 Å². The molecule has 0 aliphatic rings. The summed E-state index contributed by atoms with van der Waals surface area (Å²) in [5.74, 6) is -1.40. The van der Waals surface area contributed by atoms with E-state index in [1.165, 1.54) is 0 Å². The summed E-state index contributed by atoms with van der Waals surface area (Å²) in [4.78, 5) is 10.8. The van der Waals surface area contributed by atoms with Crippen LogP contribution in [0.15, 0.2) is 18.2 Å². The lowest BCUT2D eigenvalue weighted by molar-refractivity contribution is -0.138. The Balaban J connectivity index is 2.95. The van der Waals surface area contributed by atoms with Gasteiger partial charge in [-0.15, -0.1) is 0 Å². The van der Waals surface area contributed by atoms with Gasteiger partial charge in [0.15, 0.2) is 0 Å². The van der Waals surface area contributed by atoms with Crippen molar-refractivity contribution in [2.75, 3.05) is 7.11 Å². The van der Waals surface area contributed by atoms with Gasteiger partial charge in [0.05, 0.1) is 12.5 Å². The molecule has 1 N–H and O–H groups in total. The van der Waals surface area contributed by atoms with E-state index in [9.17, 15) is 4.79 Å². The zero-order chi connectivity index (χ0) is 11.4. The van der Waals surface area contributed by atoms with Crippen molar-refractivity contribution in [2.24, 2.45) is 0 Å². The highest BCUT2D eigenvalue weighted by molar-refractivity contribution is 6.31. The van der Waals surface area contributed by atoms with Crippen molar-refractivity contribution in [2.45, 2.75) is 19.4 Å². The first-order chi connectivity index (χ1) is 7.06. The molecule has 1 rings (SSSR count). The first kappa shape index (κ1) is 12.0. The lowest BCUT2D eigenvalue weighted by Crippen LogP contribution is -2.07. The van der Waals surface area contributed by atoms with Gasteiger partial charge in [0.25, 0.3) is 0 Å². The van der Waals surface area contributed by atoms with E-state index in [0.29, 0.717) is 17.2 Å². The summed E-state index contributed by atoms with van der Waals surface area (Å²) in [6, 6.07) is 5.23. The predicted octanol–water partition coefficient (Wildman–Crippen LogP) is 2.67. The highest BCUT2D eigenvalue weighted by Gasteiger charge is 2.14. The Morgan fingerprint density at radius 3 is 2.73 bits per heavy atom. The molecule has 15 heavy (non-hydrogen) atoms. The van der Waals surface area contributed by atoms with Crippen LogP contribution in [0.4, 0.5) is 0 Å². The monoisotopic (exact) mass is 228 g/mol. The normalized spacial score (nSPS) is 12.5. The number of benzene rings is 1. The van der Waals surface area contributed by atoms with Gasteiger partial charge in [-0.25, -0.2) is 0 Å². The van der Waals surface area contributed by atoms with E-state index in [2.05, 4.69) is 0 Å². The van der Waals surface area contributed by atoms with E-state index >= 15 is 0 Å². The summed E-state index contributed by atoms with van der Waals surface area (Å²) in [5, 5.41) is 9.38. The molecule has 0 saturated heterocycles. The number of carbonyl (C=O) groups is 1. The fraction of sp³-hybridized carbons (Fsp3) is 0.364. The number of rotatable bonds is 4. The second kappa shape index (κ2) is 5.14. The Morgan fingerprint density at radius 1 is 1.60 bits per heavy atom. The topological polar surface area (TPSA) is 46.5 Å². The summed E-state index contributed by atoms with van der Waals surface area (Å²) in [7, 11) is 1.59. The molecule has 3 nitrogen and oxygen atoms in total. The first-order valence-corrected chi connectivity index (χ1v) is 4.94. The minimum Gasteiger partial charge on any atom is -0.481 e. The van der Waals surface area contributed by atoms with Gasteiger partial charge < -0.3 is 9.84 Å². The van der Waals surface area contributed by atoms with Crippen LogP contribution in [-0.2, 0) is 16.1 Å². The lowest BCUT2D eigenvalue weighted by atomic mass is 10.0. The molecule has 0 fully saturated rings. The van der Waals surface area contributed by atoms with E-state index in [0.717, 1.165) is 5.56 Å². The van der Waals surface area contributed by atoms with E-state index < -0.39 is 11.9 Å². The van der Waals surface area contributed by atoms with Gasteiger partial charge in [-0.05, 0) is 24.1 Å². The molecule has 0 spiro atoms. The average molecular weight is 229 g/mol. The Morgan fingerprint density at radius 2 is 2.27 bits per heavy atom. The number of hydrogen-bond acceptors (Lipinski definition) is 2. The van der Waals surface area contributed by atoms with E-state index in [-0.39, 0.29) is 0 Å². The quantitative estimate of drug-likeness (QED) is 0.862. The molecule has 0 aromatic heterocycles. The number of aliphatic carboxylic acids is 1. The Hall–Kier alpha value is -1.06. The molecule has 4 heteroatoms. The minimum absolute atomic E-state index is 0.431. The molecule has 0 radical (unpaired) electrons. The second-order valence-corrected chi connectivity index (χ2v) is 3.75. The lowest BCUT2D eigenvalue weighted by Gasteiger charge is -2.09. The van der Waals surface area contributed by atoms with Crippen molar-refractivity contribution in [1.29, 1.82) is 0 Å². The smallest absolute Gasteiger partial charge is 0.310 e. The fourth-order valence-electron chi connectivity index (χ4n) is 1.25. The first-order valence-electron chi connectivity index (χ1n) is 4.56. The van der Waals surface area contributed by atoms with Crippen molar-refractivity contribution in [3.05, 3.63) is 34.3 Å². The van der Waals surface area contributed by atoms with Gasteiger partial charge >= 0.3 is 5.97 Å². The third kappa shape index (κ3) is 2.94. The van der Waals surface area contributed by atoms with Gasteiger partial charge in [-0.2, -0.15) is 0 Å². The maximum Gasteiger partial charge on any atom is 0.310 e. The van der Waals surface area contributed by atoms with Crippen LogP contribution in [0.2, 0.25) is 5.02 Å². The van der Waals surface area contributed by atoms with E-state index in [1.807, 2.05) is 0 Å². The van der Waals surface area contributed by atoms with Crippen LogP contribution < -0.4 is 0 Å². The summed E-state index contributed by atoms with van der Waals surface area (Å²) in [5.41, 5.74) is 1.56. The summed E-state index contributed by atoms with van der Waals surface area (Å²) < 4.78 is 4.96. The maximum absolute atomic E-state index is 10.8. The summed E-state index contributed by atoms with van der Waals surface area (Å²) >= 11 is 5.98. The van der Waals surface area contributed by atoms with Crippen LogP contribution >= 0.6 is 11.6 Å². The van der Waals surface area contributed by atoms with Crippen LogP contribution in [0.3, 0.4) is 0 Å². The van der Waals surface area contributed by atoms with Crippen molar-refractivity contribution in [3.63, 3.8) is 0 Å². The van der Waals surface area contributed by atoms with Crippen LogP contribution in [-0.4, -0.2) is 18.2 Å². The number of carboxylic acids is 1. The van der Waals surface area contributed by atoms with Crippen molar-refractivity contribution < 1.29 is 14.6 Å². The Bertz CT molecular complexity index is 363. The molecule has 1 aromatic rings. The predicted molar refractivity (Wildman–Crippen MR) is 58.2 cm³/mol. The molecule has 0 aliphatic heterocycles. The molecule has 1 aromatic carbocycles. The third-order valence-electron chi connectivity index (χ3n) is 2.25. The van der Waals surface area contributed by atoms with E-state index in [4.69, 9.17) is 21.4 Å². The van der Waals surface area contributed by atoms with Crippen LogP contribution in [0.5, 0.6) is 0 Å². The maximum atomic E-state index is 10.8. The molecular formula is C11H13ClO3. The molecule has 0 bridgehead atoms. The molecular weight excluding hydrogens is 216 g/mol. The van der Waals surface area contributed by atoms with Gasteiger partial charge in [-0.1, -0.05) is 23.7 Å². The zero-order valence-electron chi connectivity index (χ0n) is 8.66. The van der Waals surface area contributed by atoms with Crippen molar-refractivity contribution in [1.82, 2.24) is 0 Å². The van der Waals surface area contributed by atoms with E-state index in [1.54, 1.807) is 32.2 Å². The fourth-order valence-corrected chi connectivity index (χ4v) is 1.49. The SMILES string of the molecule is COCc1ccc(C(C)C(=O)O)cc1Cl. The molecule has 1 unspecified atom stereocenters. The number of ether oxygens (including phenoxy) is 1. The second-order valence-electron chi connectivity index (χ2n) is 3.34. The summed E-state index contributed by atoms with van der Waals surface area (Å²) in [6.45, 7) is 2.06. The Labute approximate surface area is 93.6 Å². The Kier molecular flexibility index (Phi) is 4.12. The standard InChI is InChI=1S/C11H13ClO3/c1-7(11(13)14)8-3-4-9(6-15-2)10(12)5-8/h3-5,7H,6H2,1-2H3,(H,13,14). The zero-order valence-corrected chi connectivity index (χ0v) is 9.41. The highest BCUT2D eigenvalue weighted by atomic mass is 35.5. The molecule has 0 aliphatic carbocycles. The minimum atomic E-state index is -0.856. The largest absolute Gasteiger partial charge is 0.481 e. The van der Waals surface area contributed by atoms with Gasteiger partial charge in [0, 0.05) is 12.1 Å². The molecule has 1 atom stereocenters. The van der Waals surface area contributed by atoms with Crippen molar-refractivity contribution in [3.8, 4) is 0 Å².